The molecule has 4 heteroatoms. The van der Waals surface area contributed by atoms with Gasteiger partial charge in [0.1, 0.15) is 0 Å². The van der Waals surface area contributed by atoms with Gasteiger partial charge in [0, 0.05) is 46.1 Å². The average molecular weight is 243 g/mol. The van der Waals surface area contributed by atoms with Crippen LogP contribution in [0.15, 0.2) is 0 Å². The van der Waals surface area contributed by atoms with Crippen LogP contribution >= 0.6 is 0 Å². The Hall–Kier alpha value is -0.610. The zero-order chi connectivity index (χ0) is 12.9. The van der Waals surface area contributed by atoms with E-state index >= 15 is 0 Å². The summed E-state index contributed by atoms with van der Waals surface area (Å²) in [6.07, 6.45) is 3.36. The second kappa shape index (κ2) is 6.36. The van der Waals surface area contributed by atoms with E-state index in [1.807, 2.05) is 4.90 Å². The molecule has 0 saturated carbocycles. The minimum Gasteiger partial charge on any atom is -0.353 e. The van der Waals surface area contributed by atoms with Gasteiger partial charge in [-0.15, -0.1) is 0 Å². The van der Waals surface area contributed by atoms with Crippen molar-refractivity contribution in [3.8, 4) is 0 Å². The molecule has 1 saturated heterocycles. The third-order valence-electron chi connectivity index (χ3n) is 3.92. The van der Waals surface area contributed by atoms with Gasteiger partial charge in [0.2, 0.25) is 5.91 Å². The normalized spacial score (nSPS) is 19.7. The average Bonchev–Trinajstić information content (AvgIpc) is 2.40. The summed E-state index contributed by atoms with van der Waals surface area (Å²) in [6.45, 7) is 5.61. The van der Waals surface area contributed by atoms with Crippen LogP contribution in [0.25, 0.3) is 0 Å². The fourth-order valence-electron chi connectivity index (χ4n) is 2.46. The Balaban J connectivity index is 2.54. The SMILES string of the molecule is CCC(CC)C(=O)N1CCC(OC)(OC)CC1. The van der Waals surface area contributed by atoms with E-state index in [4.69, 9.17) is 9.47 Å². The lowest BCUT2D eigenvalue weighted by Crippen LogP contribution is -2.50. The second-order valence-corrected chi connectivity index (χ2v) is 4.66. The van der Waals surface area contributed by atoms with Crippen LogP contribution in [0, 0.1) is 5.92 Å². The number of nitrogens with zero attached hydrogens (tertiary/aromatic N) is 1. The van der Waals surface area contributed by atoms with E-state index < -0.39 is 5.79 Å². The summed E-state index contributed by atoms with van der Waals surface area (Å²) in [5, 5.41) is 0. The highest BCUT2D eigenvalue weighted by Crippen LogP contribution is 2.27. The summed E-state index contributed by atoms with van der Waals surface area (Å²) in [5.74, 6) is -0.0200. The zero-order valence-electron chi connectivity index (χ0n) is 11.5. The van der Waals surface area contributed by atoms with Gasteiger partial charge in [-0.05, 0) is 12.8 Å². The Kier molecular flexibility index (Phi) is 5.40. The Morgan fingerprint density at radius 1 is 1.18 bits per heavy atom. The Bertz CT molecular complexity index is 237. The van der Waals surface area contributed by atoms with E-state index in [0.717, 1.165) is 38.8 Å². The van der Waals surface area contributed by atoms with Gasteiger partial charge in [-0.25, -0.2) is 0 Å². The van der Waals surface area contributed by atoms with Crippen molar-refractivity contribution in [2.24, 2.45) is 5.92 Å². The fraction of sp³-hybridized carbons (Fsp3) is 0.923. The van der Waals surface area contributed by atoms with Gasteiger partial charge >= 0.3 is 0 Å². The third kappa shape index (κ3) is 3.19. The van der Waals surface area contributed by atoms with E-state index in [1.165, 1.54) is 0 Å². The molecule has 1 aliphatic rings. The minimum atomic E-state index is -0.481. The van der Waals surface area contributed by atoms with Crippen LogP contribution in [0.5, 0.6) is 0 Å². The number of carbonyl (C=O) groups excluding carboxylic acids is 1. The summed E-state index contributed by atoms with van der Waals surface area (Å²) in [4.78, 5) is 14.1. The van der Waals surface area contributed by atoms with Crippen LogP contribution < -0.4 is 0 Å². The van der Waals surface area contributed by atoms with Gasteiger partial charge in [0.25, 0.3) is 0 Å². The predicted octanol–water partition coefficient (Wildman–Crippen LogP) is 2.03. The molecule has 0 aromatic heterocycles. The molecule has 4 nitrogen and oxygen atoms in total. The molecule has 1 aliphatic heterocycles. The maximum atomic E-state index is 12.2. The molecule has 1 heterocycles. The molecule has 0 atom stereocenters. The molecule has 100 valence electrons. The molecule has 0 bridgehead atoms. The zero-order valence-corrected chi connectivity index (χ0v) is 11.5. The second-order valence-electron chi connectivity index (χ2n) is 4.66. The van der Waals surface area contributed by atoms with Crippen LogP contribution in [-0.2, 0) is 14.3 Å². The van der Waals surface area contributed by atoms with Crippen LogP contribution in [0.1, 0.15) is 39.5 Å². The lowest BCUT2D eigenvalue weighted by Gasteiger charge is -2.40. The molecule has 0 aromatic carbocycles. The highest BCUT2D eigenvalue weighted by molar-refractivity contribution is 5.78. The van der Waals surface area contributed by atoms with Crippen molar-refractivity contribution >= 4 is 5.91 Å². The fourth-order valence-corrected chi connectivity index (χ4v) is 2.46. The van der Waals surface area contributed by atoms with Crippen molar-refractivity contribution in [2.75, 3.05) is 27.3 Å². The van der Waals surface area contributed by atoms with E-state index in [9.17, 15) is 4.79 Å². The van der Waals surface area contributed by atoms with Crippen molar-refractivity contribution in [1.82, 2.24) is 4.90 Å². The van der Waals surface area contributed by atoms with Crippen molar-refractivity contribution in [3.05, 3.63) is 0 Å². The summed E-state index contributed by atoms with van der Waals surface area (Å²) in [7, 11) is 3.34. The van der Waals surface area contributed by atoms with Gasteiger partial charge in [-0.1, -0.05) is 13.8 Å². The quantitative estimate of drug-likeness (QED) is 0.694. The van der Waals surface area contributed by atoms with E-state index in [1.54, 1.807) is 14.2 Å². The molecule has 0 N–H and O–H groups in total. The number of piperidine rings is 1. The number of rotatable bonds is 5. The molecule has 0 aliphatic carbocycles. The molecule has 0 aromatic rings. The molecule has 1 rings (SSSR count). The lowest BCUT2D eigenvalue weighted by molar-refractivity contribution is -0.229. The monoisotopic (exact) mass is 243 g/mol. The molecule has 1 fully saturated rings. The minimum absolute atomic E-state index is 0.174. The number of carbonyl (C=O) groups is 1. The van der Waals surface area contributed by atoms with Crippen molar-refractivity contribution in [2.45, 2.75) is 45.3 Å². The molecule has 0 spiro atoms. The molecular formula is C13H25NO3. The molecule has 17 heavy (non-hydrogen) atoms. The highest BCUT2D eigenvalue weighted by atomic mass is 16.7. The number of amides is 1. The first kappa shape index (κ1) is 14.5. The molecule has 0 unspecified atom stereocenters. The Morgan fingerprint density at radius 2 is 1.65 bits per heavy atom. The van der Waals surface area contributed by atoms with E-state index in [-0.39, 0.29) is 11.8 Å². The lowest BCUT2D eigenvalue weighted by atomic mass is 9.98. The Morgan fingerprint density at radius 3 is 2.00 bits per heavy atom. The van der Waals surface area contributed by atoms with Crippen LogP contribution in [0.3, 0.4) is 0 Å². The maximum absolute atomic E-state index is 12.2. The van der Waals surface area contributed by atoms with Crippen LogP contribution in [0.2, 0.25) is 0 Å². The van der Waals surface area contributed by atoms with Gasteiger partial charge in [-0.2, -0.15) is 0 Å². The standard InChI is InChI=1S/C13H25NO3/c1-5-11(6-2)12(15)14-9-7-13(16-3,17-4)8-10-14/h11H,5-10H2,1-4H3. The third-order valence-corrected chi connectivity index (χ3v) is 3.92. The first-order valence-electron chi connectivity index (χ1n) is 6.51. The summed E-state index contributed by atoms with van der Waals surface area (Å²) >= 11 is 0. The Labute approximate surface area is 104 Å². The first-order valence-corrected chi connectivity index (χ1v) is 6.51. The van der Waals surface area contributed by atoms with E-state index in [2.05, 4.69) is 13.8 Å². The smallest absolute Gasteiger partial charge is 0.225 e. The topological polar surface area (TPSA) is 38.8 Å². The largest absolute Gasteiger partial charge is 0.353 e. The number of hydrogen-bond donors (Lipinski definition) is 0. The summed E-state index contributed by atoms with van der Waals surface area (Å²) < 4.78 is 10.8. The predicted molar refractivity (Wildman–Crippen MR) is 66.6 cm³/mol. The van der Waals surface area contributed by atoms with Gasteiger partial charge in [0.05, 0.1) is 0 Å². The number of ether oxygens (including phenoxy) is 2. The number of likely N-dealkylation sites (tertiary alicyclic amines) is 1. The van der Waals surface area contributed by atoms with Crippen molar-refractivity contribution in [3.63, 3.8) is 0 Å². The summed E-state index contributed by atoms with van der Waals surface area (Å²) in [5.41, 5.74) is 0. The summed E-state index contributed by atoms with van der Waals surface area (Å²) in [6, 6.07) is 0. The van der Waals surface area contributed by atoms with Gasteiger partial charge in [-0.3, -0.25) is 4.79 Å². The van der Waals surface area contributed by atoms with Crippen LogP contribution in [-0.4, -0.2) is 43.9 Å². The molecular weight excluding hydrogens is 218 g/mol. The van der Waals surface area contributed by atoms with Crippen LogP contribution in [0.4, 0.5) is 0 Å². The maximum Gasteiger partial charge on any atom is 0.225 e. The highest BCUT2D eigenvalue weighted by Gasteiger charge is 2.36. The first-order chi connectivity index (χ1) is 8.12. The number of hydrogen-bond acceptors (Lipinski definition) is 3. The molecule has 1 amide bonds. The molecule has 0 radical (unpaired) electrons. The van der Waals surface area contributed by atoms with Gasteiger partial charge in [0.15, 0.2) is 5.79 Å². The van der Waals surface area contributed by atoms with E-state index in [0.29, 0.717) is 0 Å². The van der Waals surface area contributed by atoms with Gasteiger partial charge < -0.3 is 14.4 Å². The van der Waals surface area contributed by atoms with Crippen molar-refractivity contribution in [1.29, 1.82) is 0 Å². The number of methoxy groups -OCH3 is 2. The van der Waals surface area contributed by atoms with Crippen molar-refractivity contribution < 1.29 is 14.3 Å².